The third kappa shape index (κ3) is 29.6. The summed E-state index contributed by atoms with van der Waals surface area (Å²) in [5.74, 6) is -0.340. The average molecular weight is 795 g/mol. The molecule has 328 valence electrons. The predicted molar refractivity (Wildman–Crippen MR) is 228 cm³/mol. The lowest BCUT2D eigenvalue weighted by atomic mass is 9.99. The number of aliphatic hydroxyl groups is 4. The Labute approximate surface area is 342 Å². The van der Waals surface area contributed by atoms with Crippen LogP contribution in [0, 0.1) is 0 Å². The van der Waals surface area contributed by atoms with E-state index in [1.807, 2.05) is 0 Å². The van der Waals surface area contributed by atoms with Crippen LogP contribution in [-0.2, 0) is 23.7 Å². The highest BCUT2D eigenvalue weighted by Crippen LogP contribution is 2.22. The predicted octanol–water partition coefficient (Wildman–Crippen LogP) is 10.4. The number of esters is 1. The number of ether oxygens (including phenoxy) is 4. The number of hydrogen-bond acceptors (Lipinski definition) is 9. The average Bonchev–Trinajstić information content (AvgIpc) is 3.20. The highest BCUT2D eigenvalue weighted by atomic mass is 16.7. The van der Waals surface area contributed by atoms with Crippen molar-refractivity contribution in [3.63, 3.8) is 0 Å². The number of allylic oxidation sites excluding steroid dienone is 6. The van der Waals surface area contributed by atoms with E-state index in [-0.39, 0.29) is 25.6 Å². The first-order valence-corrected chi connectivity index (χ1v) is 23.1. The van der Waals surface area contributed by atoms with Gasteiger partial charge >= 0.3 is 5.97 Å². The Kier molecular flexibility index (Phi) is 36.4. The van der Waals surface area contributed by atoms with Crippen LogP contribution in [0.15, 0.2) is 36.5 Å². The van der Waals surface area contributed by atoms with Crippen LogP contribution < -0.4 is 0 Å². The maximum Gasteiger partial charge on any atom is 0.306 e. The minimum atomic E-state index is -1.54. The maximum absolute atomic E-state index is 12.7. The Balaban J connectivity index is 2.23. The quantitative estimate of drug-likeness (QED) is 0.0272. The van der Waals surface area contributed by atoms with Gasteiger partial charge in [0.05, 0.1) is 19.8 Å². The van der Waals surface area contributed by atoms with Crippen LogP contribution in [0.5, 0.6) is 0 Å². The van der Waals surface area contributed by atoms with Gasteiger partial charge in [-0.3, -0.25) is 4.79 Å². The van der Waals surface area contributed by atoms with E-state index in [0.717, 1.165) is 57.8 Å². The molecule has 1 fully saturated rings. The zero-order valence-electron chi connectivity index (χ0n) is 35.9. The molecule has 4 N–H and O–H groups in total. The summed E-state index contributed by atoms with van der Waals surface area (Å²) in [5, 5.41) is 40.1. The Morgan fingerprint density at radius 1 is 0.589 bits per heavy atom. The fourth-order valence-corrected chi connectivity index (χ4v) is 6.98. The lowest BCUT2D eigenvalue weighted by Gasteiger charge is -2.39. The number of unbranched alkanes of at least 4 members (excludes halogenated alkanes) is 22. The van der Waals surface area contributed by atoms with Gasteiger partial charge in [0, 0.05) is 13.0 Å². The summed E-state index contributed by atoms with van der Waals surface area (Å²) in [4.78, 5) is 12.7. The van der Waals surface area contributed by atoms with E-state index in [4.69, 9.17) is 18.9 Å². The van der Waals surface area contributed by atoms with Crippen molar-refractivity contribution in [2.45, 2.75) is 230 Å². The zero-order valence-corrected chi connectivity index (χ0v) is 35.9. The molecule has 0 aromatic heterocycles. The van der Waals surface area contributed by atoms with E-state index < -0.39 is 43.4 Å². The molecule has 1 aliphatic rings. The molecule has 56 heavy (non-hydrogen) atoms. The van der Waals surface area contributed by atoms with Crippen molar-refractivity contribution >= 4 is 5.97 Å². The van der Waals surface area contributed by atoms with Gasteiger partial charge in [-0.2, -0.15) is 0 Å². The molecular weight excluding hydrogens is 709 g/mol. The molecule has 0 bridgehead atoms. The lowest BCUT2D eigenvalue weighted by Crippen LogP contribution is -2.59. The Morgan fingerprint density at radius 2 is 1.09 bits per heavy atom. The number of carbonyl (C=O) groups is 1. The Bertz CT molecular complexity index is 952. The lowest BCUT2D eigenvalue weighted by molar-refractivity contribution is -0.305. The van der Waals surface area contributed by atoms with E-state index in [2.05, 4.69) is 50.3 Å². The third-order valence-corrected chi connectivity index (χ3v) is 10.6. The van der Waals surface area contributed by atoms with Crippen LogP contribution in [0.4, 0.5) is 0 Å². The van der Waals surface area contributed by atoms with Crippen LogP contribution in [0.2, 0.25) is 0 Å². The topological polar surface area (TPSA) is 135 Å². The Hall–Kier alpha value is -1.59. The van der Waals surface area contributed by atoms with Gasteiger partial charge in [0.1, 0.15) is 30.5 Å². The second-order valence-corrected chi connectivity index (χ2v) is 15.8. The van der Waals surface area contributed by atoms with Crippen molar-refractivity contribution in [1.82, 2.24) is 0 Å². The molecule has 0 saturated carbocycles. The molecule has 0 amide bonds. The molecule has 1 heterocycles. The zero-order chi connectivity index (χ0) is 40.7. The van der Waals surface area contributed by atoms with Crippen LogP contribution in [0.3, 0.4) is 0 Å². The molecule has 0 radical (unpaired) electrons. The summed E-state index contributed by atoms with van der Waals surface area (Å²) in [6, 6.07) is 0. The molecule has 9 nitrogen and oxygen atoms in total. The van der Waals surface area contributed by atoms with Gasteiger partial charge in [-0.05, 0) is 44.9 Å². The van der Waals surface area contributed by atoms with Gasteiger partial charge in [-0.25, -0.2) is 0 Å². The third-order valence-electron chi connectivity index (χ3n) is 10.6. The summed E-state index contributed by atoms with van der Waals surface area (Å²) in [6.07, 6.45) is 39.0. The summed E-state index contributed by atoms with van der Waals surface area (Å²) in [6.45, 7) is 4.43. The fraction of sp³-hybridized carbons (Fsp3) is 0.851. The largest absolute Gasteiger partial charge is 0.457 e. The molecule has 1 aliphatic heterocycles. The SMILES string of the molecule is CC/C=C\C/C=C\C/C=C\CCCCCC(=O)OC(COCCCCCCCCCCCCCCCCCCCCCC)COC1OC(CO)C(O)C(O)C1O. The standard InChI is InChI=1S/C47H86O9/c1-3-5-7-9-11-13-15-17-18-19-20-21-22-23-25-27-29-31-33-35-37-53-39-41(40-54-47-46(52)45(51)44(50)42(38-48)56-47)55-43(49)36-34-32-30-28-26-24-16-14-12-10-8-6-4-2/h6,8,12,14,24,26,41-42,44-48,50-52H,3-5,7,9-11,13,15-23,25,27-40H2,1-2H3/b8-6-,14-12-,26-24-. The van der Waals surface area contributed by atoms with Crippen molar-refractivity contribution in [3.05, 3.63) is 36.5 Å². The monoisotopic (exact) mass is 795 g/mol. The van der Waals surface area contributed by atoms with E-state index in [0.29, 0.717) is 6.61 Å². The molecule has 1 saturated heterocycles. The fourth-order valence-electron chi connectivity index (χ4n) is 6.98. The van der Waals surface area contributed by atoms with Crippen LogP contribution in [0.25, 0.3) is 0 Å². The van der Waals surface area contributed by atoms with Crippen LogP contribution >= 0.6 is 0 Å². The van der Waals surface area contributed by atoms with Gasteiger partial charge in [0.25, 0.3) is 0 Å². The van der Waals surface area contributed by atoms with E-state index in [9.17, 15) is 25.2 Å². The first kappa shape index (κ1) is 52.4. The highest BCUT2D eigenvalue weighted by molar-refractivity contribution is 5.69. The van der Waals surface area contributed by atoms with E-state index in [1.165, 1.54) is 116 Å². The van der Waals surface area contributed by atoms with Gasteiger partial charge < -0.3 is 39.4 Å². The second kappa shape index (κ2) is 38.9. The summed E-state index contributed by atoms with van der Waals surface area (Å²) in [7, 11) is 0. The van der Waals surface area contributed by atoms with Gasteiger partial charge in [-0.15, -0.1) is 0 Å². The molecule has 6 unspecified atom stereocenters. The first-order chi connectivity index (χ1) is 27.4. The van der Waals surface area contributed by atoms with E-state index >= 15 is 0 Å². The molecule has 9 heteroatoms. The van der Waals surface area contributed by atoms with Crippen molar-refractivity contribution in [2.24, 2.45) is 0 Å². The highest BCUT2D eigenvalue weighted by Gasteiger charge is 2.44. The molecule has 1 rings (SSSR count). The number of carbonyl (C=O) groups excluding carboxylic acids is 1. The van der Waals surface area contributed by atoms with Crippen LogP contribution in [-0.4, -0.2) is 89.6 Å². The number of rotatable bonds is 39. The minimum Gasteiger partial charge on any atom is -0.457 e. The summed E-state index contributed by atoms with van der Waals surface area (Å²) >= 11 is 0. The van der Waals surface area contributed by atoms with Gasteiger partial charge in [0.2, 0.25) is 0 Å². The maximum atomic E-state index is 12.7. The van der Waals surface area contributed by atoms with Crippen molar-refractivity contribution < 1.29 is 44.2 Å². The molecule has 0 aromatic rings. The molecule has 6 atom stereocenters. The van der Waals surface area contributed by atoms with E-state index in [1.54, 1.807) is 0 Å². The smallest absolute Gasteiger partial charge is 0.306 e. The molecule has 0 spiro atoms. The Morgan fingerprint density at radius 3 is 1.62 bits per heavy atom. The number of aliphatic hydroxyl groups excluding tert-OH is 4. The second-order valence-electron chi connectivity index (χ2n) is 15.8. The van der Waals surface area contributed by atoms with Gasteiger partial charge in [-0.1, -0.05) is 179 Å². The normalized spacial score (nSPS) is 20.9. The molecule has 0 aromatic carbocycles. The summed E-state index contributed by atoms with van der Waals surface area (Å²) in [5.41, 5.74) is 0. The van der Waals surface area contributed by atoms with Crippen molar-refractivity contribution in [1.29, 1.82) is 0 Å². The van der Waals surface area contributed by atoms with Crippen molar-refractivity contribution in [2.75, 3.05) is 26.4 Å². The van der Waals surface area contributed by atoms with Crippen LogP contribution in [0.1, 0.15) is 194 Å². The first-order valence-electron chi connectivity index (χ1n) is 23.1. The number of hydrogen-bond donors (Lipinski definition) is 4. The minimum absolute atomic E-state index is 0.123. The molecule has 0 aliphatic carbocycles. The summed E-state index contributed by atoms with van der Waals surface area (Å²) < 4.78 is 22.8. The van der Waals surface area contributed by atoms with Gasteiger partial charge in [0.15, 0.2) is 6.29 Å². The molecular formula is C47H86O9. The van der Waals surface area contributed by atoms with Crippen molar-refractivity contribution in [3.8, 4) is 0 Å².